The topological polar surface area (TPSA) is 43.6 Å². The minimum Gasteiger partial charge on any atom is -0.226 e. The first-order chi connectivity index (χ1) is 9.10. The van der Waals surface area contributed by atoms with Gasteiger partial charge in [0.1, 0.15) is 10.4 Å². The molecule has 0 radical (unpaired) electrons. The Balaban J connectivity index is 2.11. The highest BCUT2D eigenvalue weighted by atomic mass is 79.9. The van der Waals surface area contributed by atoms with Gasteiger partial charge in [-0.1, -0.05) is 6.92 Å². The van der Waals surface area contributed by atoms with Crippen molar-refractivity contribution >= 4 is 15.9 Å². The summed E-state index contributed by atoms with van der Waals surface area (Å²) in [5, 5.41) is 4.62. The highest BCUT2D eigenvalue weighted by molar-refractivity contribution is 9.10. The van der Waals surface area contributed by atoms with Crippen LogP contribution in [0.5, 0.6) is 0 Å². The Morgan fingerprint density at radius 1 is 1.32 bits per heavy atom. The van der Waals surface area contributed by atoms with Gasteiger partial charge in [-0.25, -0.2) is 14.6 Å². The predicted molar refractivity (Wildman–Crippen MR) is 77.7 cm³/mol. The van der Waals surface area contributed by atoms with Gasteiger partial charge in [-0.3, -0.25) is 0 Å². The molecular weight excluding hydrogens is 304 g/mol. The average molecular weight is 321 g/mol. The first-order valence-corrected chi connectivity index (χ1v) is 7.49. The van der Waals surface area contributed by atoms with Gasteiger partial charge in [0.25, 0.3) is 0 Å². The summed E-state index contributed by atoms with van der Waals surface area (Å²) in [4.78, 5) is 9.14. The van der Waals surface area contributed by atoms with Gasteiger partial charge in [-0.05, 0) is 54.6 Å². The maximum Gasteiger partial charge on any atom is 0.158 e. The van der Waals surface area contributed by atoms with Crippen LogP contribution >= 0.6 is 15.9 Å². The minimum absolute atomic E-state index is 0.541. The molecule has 0 aromatic carbocycles. The van der Waals surface area contributed by atoms with Crippen molar-refractivity contribution in [3.8, 4) is 5.82 Å². The second kappa shape index (κ2) is 4.71. The number of hydrogen-bond acceptors (Lipinski definition) is 3. The molecule has 2 aromatic rings. The van der Waals surface area contributed by atoms with E-state index in [1.165, 1.54) is 24.1 Å². The third kappa shape index (κ3) is 2.31. The molecule has 1 aliphatic rings. The van der Waals surface area contributed by atoms with Crippen LogP contribution in [-0.2, 0) is 6.42 Å². The highest BCUT2D eigenvalue weighted by Gasteiger charge is 2.27. The molecule has 2 heterocycles. The molecule has 0 N–H and O–H groups in total. The first-order valence-electron chi connectivity index (χ1n) is 6.70. The van der Waals surface area contributed by atoms with Crippen LogP contribution < -0.4 is 0 Å². The molecule has 0 unspecified atom stereocenters. The van der Waals surface area contributed by atoms with E-state index in [2.05, 4.69) is 51.8 Å². The van der Waals surface area contributed by atoms with Gasteiger partial charge in [0.05, 0.1) is 5.69 Å². The fourth-order valence-electron chi connectivity index (χ4n) is 2.47. The van der Waals surface area contributed by atoms with Crippen LogP contribution in [0.3, 0.4) is 0 Å². The summed E-state index contributed by atoms with van der Waals surface area (Å²) in [6.45, 7) is 6.32. The zero-order valence-corrected chi connectivity index (χ0v) is 13.0. The Morgan fingerprint density at radius 3 is 2.63 bits per heavy atom. The van der Waals surface area contributed by atoms with Crippen molar-refractivity contribution < 1.29 is 0 Å². The van der Waals surface area contributed by atoms with E-state index in [0.717, 1.165) is 28.4 Å². The number of halogens is 1. The molecule has 2 aromatic heterocycles. The first kappa shape index (κ1) is 12.8. The lowest BCUT2D eigenvalue weighted by atomic mass is 10.1. The molecule has 4 nitrogen and oxygen atoms in total. The van der Waals surface area contributed by atoms with Crippen molar-refractivity contribution in [2.24, 2.45) is 0 Å². The summed E-state index contributed by atoms with van der Waals surface area (Å²) < 4.78 is 2.77. The van der Waals surface area contributed by atoms with Crippen LogP contribution in [0.1, 0.15) is 48.5 Å². The van der Waals surface area contributed by atoms with E-state index < -0.39 is 0 Å². The van der Waals surface area contributed by atoms with Crippen LogP contribution in [-0.4, -0.2) is 19.7 Å². The zero-order chi connectivity index (χ0) is 13.6. The molecule has 1 aliphatic carbocycles. The van der Waals surface area contributed by atoms with Gasteiger partial charge in [0.2, 0.25) is 0 Å². The molecule has 0 bridgehead atoms. The lowest BCUT2D eigenvalue weighted by Crippen LogP contribution is -2.06. The maximum atomic E-state index is 4.67. The molecule has 0 amide bonds. The fraction of sp³-hybridized carbons (Fsp3) is 0.500. The molecule has 0 aliphatic heterocycles. The van der Waals surface area contributed by atoms with E-state index in [1.54, 1.807) is 0 Å². The molecule has 1 fully saturated rings. The third-order valence-electron chi connectivity index (χ3n) is 3.65. The number of aryl methyl sites for hydroxylation is 1. The molecule has 1 saturated carbocycles. The number of aromatic nitrogens is 4. The van der Waals surface area contributed by atoms with Crippen LogP contribution in [0.4, 0.5) is 0 Å². The van der Waals surface area contributed by atoms with Crippen molar-refractivity contribution in [1.82, 2.24) is 19.7 Å². The Bertz CT molecular complexity index is 629. The molecule has 100 valence electrons. The van der Waals surface area contributed by atoms with Gasteiger partial charge in [-0.15, -0.1) is 0 Å². The highest BCUT2D eigenvalue weighted by Crippen LogP contribution is 2.38. The van der Waals surface area contributed by atoms with E-state index in [9.17, 15) is 0 Å². The van der Waals surface area contributed by atoms with Gasteiger partial charge in [-0.2, -0.15) is 5.10 Å². The molecule has 19 heavy (non-hydrogen) atoms. The zero-order valence-electron chi connectivity index (χ0n) is 11.4. The average Bonchev–Trinajstić information content (AvgIpc) is 3.16. The number of hydrogen-bond donors (Lipinski definition) is 0. The van der Waals surface area contributed by atoms with E-state index in [-0.39, 0.29) is 0 Å². The Labute approximate surface area is 121 Å². The monoisotopic (exact) mass is 320 g/mol. The van der Waals surface area contributed by atoms with E-state index in [0.29, 0.717) is 5.92 Å². The molecule has 0 saturated heterocycles. The second-order valence-electron chi connectivity index (χ2n) is 5.10. The summed E-state index contributed by atoms with van der Waals surface area (Å²) in [5.74, 6) is 2.35. The van der Waals surface area contributed by atoms with Gasteiger partial charge < -0.3 is 0 Å². The standard InChI is InChI=1S/C14H17BrN4/c1-4-11-8(2)18-19(9(11)3)13-7-12(15)16-14(17-13)10-5-6-10/h7,10H,4-6H2,1-3H3. The van der Waals surface area contributed by atoms with Crippen molar-refractivity contribution in [3.63, 3.8) is 0 Å². The van der Waals surface area contributed by atoms with Crippen molar-refractivity contribution in [2.45, 2.75) is 46.0 Å². The Kier molecular flexibility index (Phi) is 3.17. The smallest absolute Gasteiger partial charge is 0.158 e. The number of rotatable bonds is 3. The molecule has 0 atom stereocenters. The summed E-state index contributed by atoms with van der Waals surface area (Å²) in [6.07, 6.45) is 3.40. The second-order valence-corrected chi connectivity index (χ2v) is 5.91. The van der Waals surface area contributed by atoms with Crippen LogP contribution in [0.15, 0.2) is 10.7 Å². The maximum absolute atomic E-state index is 4.67. The third-order valence-corrected chi connectivity index (χ3v) is 4.06. The van der Waals surface area contributed by atoms with E-state index >= 15 is 0 Å². The summed E-state index contributed by atoms with van der Waals surface area (Å²) in [5.41, 5.74) is 3.57. The fourth-order valence-corrected chi connectivity index (χ4v) is 2.85. The Hall–Kier alpha value is -1.23. The largest absolute Gasteiger partial charge is 0.226 e. The lowest BCUT2D eigenvalue weighted by molar-refractivity contribution is 0.776. The minimum atomic E-state index is 0.541. The van der Waals surface area contributed by atoms with E-state index in [4.69, 9.17) is 0 Å². The molecule has 3 rings (SSSR count). The normalized spacial score (nSPS) is 14.9. The van der Waals surface area contributed by atoms with E-state index in [1.807, 2.05) is 10.7 Å². The summed E-state index contributed by atoms with van der Waals surface area (Å²) in [6, 6.07) is 1.94. The molecule has 0 spiro atoms. The summed E-state index contributed by atoms with van der Waals surface area (Å²) in [7, 11) is 0. The lowest BCUT2D eigenvalue weighted by Gasteiger charge is -2.06. The Morgan fingerprint density at radius 2 is 2.05 bits per heavy atom. The van der Waals surface area contributed by atoms with Crippen LogP contribution in [0, 0.1) is 13.8 Å². The number of nitrogens with zero attached hydrogens (tertiary/aromatic N) is 4. The van der Waals surface area contributed by atoms with Gasteiger partial charge >= 0.3 is 0 Å². The van der Waals surface area contributed by atoms with Crippen LogP contribution in [0.2, 0.25) is 0 Å². The molecule has 5 heteroatoms. The SMILES string of the molecule is CCc1c(C)nn(-c2cc(Br)nc(C3CC3)n2)c1C. The quantitative estimate of drug-likeness (QED) is 0.813. The van der Waals surface area contributed by atoms with Crippen molar-refractivity contribution in [1.29, 1.82) is 0 Å². The van der Waals surface area contributed by atoms with Crippen molar-refractivity contribution in [3.05, 3.63) is 33.4 Å². The van der Waals surface area contributed by atoms with Gasteiger partial charge in [0, 0.05) is 17.7 Å². The van der Waals surface area contributed by atoms with Gasteiger partial charge in [0.15, 0.2) is 5.82 Å². The molecular formula is C14H17BrN4. The van der Waals surface area contributed by atoms with Crippen LogP contribution in [0.25, 0.3) is 5.82 Å². The van der Waals surface area contributed by atoms with Crippen molar-refractivity contribution in [2.75, 3.05) is 0 Å². The summed E-state index contributed by atoms with van der Waals surface area (Å²) >= 11 is 3.48. The predicted octanol–water partition coefficient (Wildman–Crippen LogP) is 3.48.